The molecule has 0 atom stereocenters. The number of piperazine rings is 1. The number of phenols is 1. The molecule has 1 aliphatic rings. The molecule has 1 aromatic carbocycles. The first kappa shape index (κ1) is 18.5. The zero-order valence-electron chi connectivity index (χ0n) is 14.6. The molecule has 0 aliphatic carbocycles. The van der Waals surface area contributed by atoms with Crippen molar-refractivity contribution in [2.75, 3.05) is 26.2 Å². The molecule has 1 amide bonds. The van der Waals surface area contributed by atoms with Crippen LogP contribution in [-0.4, -0.2) is 54.8 Å². The van der Waals surface area contributed by atoms with Crippen LogP contribution in [0, 0.1) is 6.92 Å². The van der Waals surface area contributed by atoms with E-state index in [2.05, 4.69) is 0 Å². The second kappa shape index (κ2) is 7.51. The number of sulfonamides is 1. The van der Waals surface area contributed by atoms with Gasteiger partial charge in [0.2, 0.25) is 15.9 Å². The molecule has 2 heterocycles. The predicted octanol–water partition coefficient (Wildman–Crippen LogP) is 1.76. The first-order valence-corrected chi connectivity index (χ1v) is 9.92. The summed E-state index contributed by atoms with van der Waals surface area (Å²) in [5.41, 5.74) is 0.758. The van der Waals surface area contributed by atoms with Gasteiger partial charge in [-0.1, -0.05) is 6.07 Å². The lowest BCUT2D eigenvalue weighted by atomic mass is 10.2. The van der Waals surface area contributed by atoms with Crippen molar-refractivity contribution in [3.8, 4) is 5.75 Å². The fourth-order valence-electron chi connectivity index (χ4n) is 2.99. The van der Waals surface area contributed by atoms with Crippen LogP contribution in [0.4, 0.5) is 0 Å². The number of benzene rings is 1. The maximum atomic E-state index is 12.8. The van der Waals surface area contributed by atoms with E-state index in [1.165, 1.54) is 16.4 Å². The van der Waals surface area contributed by atoms with Crippen molar-refractivity contribution in [2.24, 2.45) is 0 Å². The largest absolute Gasteiger partial charge is 0.507 e. The molecule has 0 radical (unpaired) electrons. The van der Waals surface area contributed by atoms with Crippen molar-refractivity contribution in [2.45, 2.75) is 24.7 Å². The van der Waals surface area contributed by atoms with Crippen molar-refractivity contribution >= 4 is 15.9 Å². The number of carbonyl (C=O) groups excluding carboxylic acids is 1. The lowest BCUT2D eigenvalue weighted by Gasteiger charge is -2.34. The maximum absolute atomic E-state index is 12.8. The van der Waals surface area contributed by atoms with Gasteiger partial charge in [0.1, 0.15) is 16.4 Å². The van der Waals surface area contributed by atoms with Crippen LogP contribution < -0.4 is 0 Å². The Balaban J connectivity index is 1.60. The number of furan rings is 1. The minimum atomic E-state index is -3.78. The van der Waals surface area contributed by atoms with Crippen molar-refractivity contribution in [1.82, 2.24) is 9.21 Å². The van der Waals surface area contributed by atoms with Gasteiger partial charge < -0.3 is 14.4 Å². The number of rotatable bonds is 5. The Morgan fingerprint density at radius 1 is 1.19 bits per heavy atom. The topological polar surface area (TPSA) is 91.1 Å². The molecule has 1 aliphatic heterocycles. The van der Waals surface area contributed by atoms with Gasteiger partial charge in [0.25, 0.3) is 0 Å². The van der Waals surface area contributed by atoms with Gasteiger partial charge in [-0.25, -0.2) is 8.42 Å². The Morgan fingerprint density at radius 2 is 1.92 bits per heavy atom. The average Bonchev–Trinajstić information content (AvgIpc) is 3.15. The van der Waals surface area contributed by atoms with Gasteiger partial charge in [-0.05, 0) is 36.8 Å². The van der Waals surface area contributed by atoms with Gasteiger partial charge in [0.15, 0.2) is 0 Å². The first-order chi connectivity index (χ1) is 12.4. The number of phenolic OH excluding ortho intramolecular Hbond substituents is 1. The first-order valence-electron chi connectivity index (χ1n) is 8.48. The summed E-state index contributed by atoms with van der Waals surface area (Å²) >= 11 is 0. The Labute approximate surface area is 152 Å². The Bertz CT molecular complexity index is 869. The Hall–Kier alpha value is -2.32. The number of aromatic hydroxyl groups is 1. The Kier molecular flexibility index (Phi) is 5.33. The molecule has 1 aromatic heterocycles. The minimum absolute atomic E-state index is 0.0168. The minimum Gasteiger partial charge on any atom is -0.507 e. The predicted molar refractivity (Wildman–Crippen MR) is 95.2 cm³/mol. The van der Waals surface area contributed by atoms with Crippen LogP contribution in [-0.2, 0) is 21.2 Å². The second-order valence-electron chi connectivity index (χ2n) is 6.34. The van der Waals surface area contributed by atoms with Gasteiger partial charge in [-0.15, -0.1) is 0 Å². The van der Waals surface area contributed by atoms with Crippen LogP contribution in [0.2, 0.25) is 0 Å². The van der Waals surface area contributed by atoms with E-state index in [4.69, 9.17) is 4.42 Å². The molecule has 7 nitrogen and oxygen atoms in total. The summed E-state index contributed by atoms with van der Waals surface area (Å²) in [7, 11) is -3.78. The normalized spacial score (nSPS) is 16.0. The van der Waals surface area contributed by atoms with Gasteiger partial charge in [0, 0.05) is 39.0 Å². The number of carbonyl (C=O) groups is 1. The molecule has 140 valence electrons. The maximum Gasteiger partial charge on any atom is 0.246 e. The third kappa shape index (κ3) is 3.91. The summed E-state index contributed by atoms with van der Waals surface area (Å²) in [5.74, 6) is 0.485. The van der Waals surface area contributed by atoms with E-state index in [1.807, 2.05) is 6.07 Å². The zero-order valence-corrected chi connectivity index (χ0v) is 15.4. The van der Waals surface area contributed by atoms with Crippen molar-refractivity contribution in [3.63, 3.8) is 0 Å². The quantitative estimate of drug-likeness (QED) is 0.856. The summed E-state index contributed by atoms with van der Waals surface area (Å²) in [6, 6.07) is 8.11. The van der Waals surface area contributed by atoms with Crippen molar-refractivity contribution in [3.05, 3.63) is 47.9 Å². The molecule has 26 heavy (non-hydrogen) atoms. The summed E-state index contributed by atoms with van der Waals surface area (Å²) in [6.45, 7) is 2.87. The molecular formula is C18H22N2O5S. The lowest BCUT2D eigenvalue weighted by molar-refractivity contribution is -0.132. The summed E-state index contributed by atoms with van der Waals surface area (Å²) in [6.07, 6.45) is 2.44. The molecular weight excluding hydrogens is 356 g/mol. The molecule has 0 spiro atoms. The molecule has 0 bridgehead atoms. The molecule has 8 heteroatoms. The zero-order chi connectivity index (χ0) is 18.7. The smallest absolute Gasteiger partial charge is 0.246 e. The van der Waals surface area contributed by atoms with Crippen molar-refractivity contribution < 1.29 is 22.7 Å². The van der Waals surface area contributed by atoms with E-state index in [-0.39, 0.29) is 29.6 Å². The molecule has 1 saturated heterocycles. The molecule has 1 N–H and O–H groups in total. The summed E-state index contributed by atoms with van der Waals surface area (Å²) in [4.78, 5) is 13.9. The van der Waals surface area contributed by atoms with Gasteiger partial charge in [0.05, 0.1) is 6.26 Å². The third-order valence-electron chi connectivity index (χ3n) is 4.49. The van der Waals surface area contributed by atoms with Crippen LogP contribution >= 0.6 is 0 Å². The van der Waals surface area contributed by atoms with Gasteiger partial charge in [-0.2, -0.15) is 4.31 Å². The standard InChI is InChI=1S/C18H22N2O5S/c1-14-4-6-16(21)17(13-14)26(23,24)20-10-8-19(9-11-20)18(22)7-5-15-3-2-12-25-15/h2-4,6,12-13,21H,5,7-11H2,1H3. The summed E-state index contributed by atoms with van der Waals surface area (Å²) < 4.78 is 32.1. The van der Waals surface area contributed by atoms with Gasteiger partial charge >= 0.3 is 0 Å². The van der Waals surface area contributed by atoms with E-state index in [0.717, 1.165) is 11.3 Å². The van der Waals surface area contributed by atoms with E-state index in [1.54, 1.807) is 30.2 Å². The van der Waals surface area contributed by atoms with Crippen molar-refractivity contribution in [1.29, 1.82) is 0 Å². The van der Waals surface area contributed by atoms with E-state index in [0.29, 0.717) is 25.9 Å². The number of hydrogen-bond donors (Lipinski definition) is 1. The molecule has 3 rings (SSSR count). The van der Waals surface area contributed by atoms with Crippen LogP contribution in [0.3, 0.4) is 0 Å². The number of hydrogen-bond acceptors (Lipinski definition) is 5. The molecule has 0 saturated carbocycles. The highest BCUT2D eigenvalue weighted by Crippen LogP contribution is 2.27. The number of nitrogens with zero attached hydrogens (tertiary/aromatic N) is 2. The molecule has 2 aromatic rings. The van der Waals surface area contributed by atoms with E-state index >= 15 is 0 Å². The number of aryl methyl sites for hydroxylation is 2. The van der Waals surface area contributed by atoms with Crippen LogP contribution in [0.5, 0.6) is 5.75 Å². The molecule has 0 unspecified atom stereocenters. The van der Waals surface area contributed by atoms with E-state index < -0.39 is 10.0 Å². The fraction of sp³-hybridized carbons (Fsp3) is 0.389. The van der Waals surface area contributed by atoms with Crippen LogP contribution in [0.1, 0.15) is 17.7 Å². The average molecular weight is 378 g/mol. The highest BCUT2D eigenvalue weighted by Gasteiger charge is 2.31. The van der Waals surface area contributed by atoms with Crippen LogP contribution in [0.25, 0.3) is 0 Å². The van der Waals surface area contributed by atoms with Gasteiger partial charge in [-0.3, -0.25) is 4.79 Å². The fourth-order valence-corrected chi connectivity index (χ4v) is 4.58. The molecule has 1 fully saturated rings. The highest BCUT2D eigenvalue weighted by atomic mass is 32.2. The van der Waals surface area contributed by atoms with E-state index in [9.17, 15) is 18.3 Å². The second-order valence-corrected chi connectivity index (χ2v) is 8.24. The van der Waals surface area contributed by atoms with Crippen LogP contribution in [0.15, 0.2) is 45.9 Å². The highest BCUT2D eigenvalue weighted by molar-refractivity contribution is 7.89. The Morgan fingerprint density at radius 3 is 2.58 bits per heavy atom. The third-order valence-corrected chi connectivity index (χ3v) is 6.42. The SMILES string of the molecule is Cc1ccc(O)c(S(=O)(=O)N2CCN(C(=O)CCc3ccco3)CC2)c1. The lowest BCUT2D eigenvalue weighted by Crippen LogP contribution is -2.50. The summed E-state index contributed by atoms with van der Waals surface area (Å²) in [5, 5.41) is 9.92. The monoisotopic (exact) mass is 378 g/mol. The number of amides is 1.